The number of fused-ring (bicyclic) bond motifs is 1. The van der Waals surface area contributed by atoms with Crippen molar-refractivity contribution in [3.8, 4) is 0 Å². The summed E-state index contributed by atoms with van der Waals surface area (Å²) in [5.41, 5.74) is 1.37. The highest BCUT2D eigenvalue weighted by molar-refractivity contribution is 7.09. The molecule has 0 aliphatic carbocycles. The molecular weight excluding hydrogens is 320 g/mol. The molecule has 2 aliphatic heterocycles. The Kier molecular flexibility index (Phi) is 4.52. The van der Waals surface area contributed by atoms with Crippen molar-refractivity contribution in [2.24, 2.45) is 0 Å². The van der Waals surface area contributed by atoms with Crippen LogP contribution in [0.25, 0.3) is 0 Å². The first-order chi connectivity index (χ1) is 11.7. The van der Waals surface area contributed by atoms with Gasteiger partial charge in [-0.1, -0.05) is 44.2 Å². The molecule has 2 unspecified atom stereocenters. The highest BCUT2D eigenvalue weighted by Gasteiger charge is 2.41. The second-order valence-electron chi connectivity index (χ2n) is 6.93. The quantitative estimate of drug-likeness (QED) is 0.853. The predicted molar refractivity (Wildman–Crippen MR) is 96.6 cm³/mol. The van der Waals surface area contributed by atoms with Crippen molar-refractivity contribution in [1.82, 2.24) is 14.3 Å². The molecule has 2 fully saturated rings. The predicted octanol–water partition coefficient (Wildman–Crippen LogP) is 2.75. The fourth-order valence-electron chi connectivity index (χ4n) is 3.52. The first-order valence-electron chi connectivity index (χ1n) is 8.69. The number of hydrogen-bond donors (Lipinski definition) is 0. The van der Waals surface area contributed by atoms with Crippen molar-refractivity contribution in [3.63, 3.8) is 0 Å². The van der Waals surface area contributed by atoms with E-state index in [4.69, 9.17) is 9.72 Å². The van der Waals surface area contributed by atoms with E-state index in [1.807, 2.05) is 0 Å². The first kappa shape index (κ1) is 16.0. The molecule has 3 heterocycles. The monoisotopic (exact) mass is 344 g/mol. The summed E-state index contributed by atoms with van der Waals surface area (Å²) in [5, 5.41) is 1.04. The Morgan fingerprint density at radius 2 is 2.08 bits per heavy atom. The Morgan fingerprint density at radius 3 is 2.83 bits per heavy atom. The van der Waals surface area contributed by atoms with Crippen molar-refractivity contribution in [3.05, 3.63) is 41.7 Å². The average Bonchev–Trinajstić information content (AvgIpc) is 3.23. The van der Waals surface area contributed by atoms with E-state index < -0.39 is 0 Å². The largest absolute Gasteiger partial charge is 0.373 e. The number of aromatic nitrogens is 2. The third kappa shape index (κ3) is 3.18. The fraction of sp³-hybridized carbons (Fsp3) is 0.556. The van der Waals surface area contributed by atoms with Gasteiger partial charge in [0.05, 0.1) is 18.8 Å². The molecule has 0 spiro atoms. The maximum absolute atomic E-state index is 6.05. The Balaban J connectivity index is 1.47. The Morgan fingerprint density at radius 1 is 1.25 bits per heavy atom. The second-order valence-corrected chi connectivity index (χ2v) is 7.66. The van der Waals surface area contributed by atoms with Gasteiger partial charge in [0, 0.05) is 43.6 Å². The van der Waals surface area contributed by atoms with Gasteiger partial charge in [-0.3, -0.25) is 4.90 Å². The van der Waals surface area contributed by atoms with Crippen LogP contribution in [0.4, 0.5) is 5.13 Å². The van der Waals surface area contributed by atoms with Crippen molar-refractivity contribution < 1.29 is 4.74 Å². The molecule has 0 saturated carbocycles. The molecule has 0 radical (unpaired) electrons. The van der Waals surface area contributed by atoms with Crippen LogP contribution in [0.5, 0.6) is 0 Å². The van der Waals surface area contributed by atoms with Crippen LogP contribution in [0.3, 0.4) is 0 Å². The highest BCUT2D eigenvalue weighted by Crippen LogP contribution is 2.30. The summed E-state index contributed by atoms with van der Waals surface area (Å²) in [7, 11) is 0. The van der Waals surface area contributed by atoms with Crippen molar-refractivity contribution in [2.45, 2.75) is 38.5 Å². The Labute approximate surface area is 147 Å². The van der Waals surface area contributed by atoms with Crippen molar-refractivity contribution in [2.75, 3.05) is 31.1 Å². The van der Waals surface area contributed by atoms with E-state index in [1.165, 1.54) is 17.1 Å². The lowest BCUT2D eigenvalue weighted by Crippen LogP contribution is -2.50. The van der Waals surface area contributed by atoms with Gasteiger partial charge < -0.3 is 9.64 Å². The minimum atomic E-state index is 0.272. The van der Waals surface area contributed by atoms with Gasteiger partial charge in [0.25, 0.3) is 0 Å². The van der Waals surface area contributed by atoms with E-state index in [-0.39, 0.29) is 6.10 Å². The number of hydrogen-bond acceptors (Lipinski definition) is 6. The molecule has 0 N–H and O–H groups in total. The van der Waals surface area contributed by atoms with Gasteiger partial charge in [-0.15, -0.1) is 0 Å². The van der Waals surface area contributed by atoms with Crippen LogP contribution < -0.4 is 4.90 Å². The second kappa shape index (κ2) is 6.78. The number of ether oxygens (including phenoxy) is 1. The summed E-state index contributed by atoms with van der Waals surface area (Å²) < 4.78 is 10.5. The molecule has 1 aromatic carbocycles. The van der Waals surface area contributed by atoms with Gasteiger partial charge in [0.15, 0.2) is 0 Å². The van der Waals surface area contributed by atoms with Crippen LogP contribution in [0.1, 0.15) is 31.2 Å². The smallest absolute Gasteiger partial charge is 0.205 e. The molecule has 0 amide bonds. The summed E-state index contributed by atoms with van der Waals surface area (Å²) in [4.78, 5) is 9.63. The molecule has 4 rings (SSSR count). The van der Waals surface area contributed by atoms with Crippen LogP contribution >= 0.6 is 11.5 Å². The normalized spacial score (nSPS) is 24.5. The zero-order valence-electron chi connectivity index (χ0n) is 14.3. The topological polar surface area (TPSA) is 41.5 Å². The highest BCUT2D eigenvalue weighted by atomic mass is 32.1. The van der Waals surface area contributed by atoms with Gasteiger partial charge in [0.1, 0.15) is 5.82 Å². The van der Waals surface area contributed by atoms with E-state index in [0.29, 0.717) is 12.0 Å². The minimum absolute atomic E-state index is 0.272. The van der Waals surface area contributed by atoms with E-state index >= 15 is 0 Å². The van der Waals surface area contributed by atoms with Crippen LogP contribution in [-0.2, 0) is 11.3 Å². The summed E-state index contributed by atoms with van der Waals surface area (Å²) >= 11 is 1.52. The number of anilines is 1. The first-order valence-corrected chi connectivity index (χ1v) is 9.46. The van der Waals surface area contributed by atoms with Crippen molar-refractivity contribution in [1.29, 1.82) is 0 Å². The van der Waals surface area contributed by atoms with Crippen LogP contribution in [-0.4, -0.2) is 52.6 Å². The minimum Gasteiger partial charge on any atom is -0.373 e. The molecule has 2 aliphatic rings. The van der Waals surface area contributed by atoms with Crippen molar-refractivity contribution >= 4 is 16.7 Å². The molecule has 2 aromatic rings. The summed E-state index contributed by atoms with van der Waals surface area (Å²) in [6, 6.07) is 11.1. The van der Waals surface area contributed by atoms with E-state index in [1.54, 1.807) is 0 Å². The van der Waals surface area contributed by atoms with Crippen LogP contribution in [0.2, 0.25) is 0 Å². The molecular formula is C18H24N4OS. The number of rotatable bonds is 4. The summed E-state index contributed by atoms with van der Waals surface area (Å²) in [5.74, 6) is 1.33. The van der Waals surface area contributed by atoms with Gasteiger partial charge in [0.2, 0.25) is 5.13 Å². The molecule has 2 atom stereocenters. The van der Waals surface area contributed by atoms with Crippen LogP contribution in [0, 0.1) is 0 Å². The maximum Gasteiger partial charge on any atom is 0.205 e. The fourth-order valence-corrected chi connectivity index (χ4v) is 4.34. The zero-order chi connectivity index (χ0) is 16.5. The number of nitrogens with zero attached hydrogens (tertiary/aromatic N) is 4. The van der Waals surface area contributed by atoms with E-state index in [9.17, 15) is 0 Å². The third-order valence-corrected chi connectivity index (χ3v) is 5.65. The lowest BCUT2D eigenvalue weighted by Gasteiger charge is -2.36. The third-order valence-electron chi connectivity index (χ3n) is 4.86. The molecule has 6 heteroatoms. The van der Waals surface area contributed by atoms with Gasteiger partial charge in [-0.2, -0.15) is 4.37 Å². The van der Waals surface area contributed by atoms with Gasteiger partial charge in [-0.25, -0.2) is 4.98 Å². The number of morpholine rings is 1. The maximum atomic E-state index is 6.05. The summed E-state index contributed by atoms with van der Waals surface area (Å²) in [6.07, 6.45) is 0.272. The molecule has 128 valence electrons. The molecule has 24 heavy (non-hydrogen) atoms. The zero-order valence-corrected chi connectivity index (χ0v) is 15.1. The molecule has 0 bridgehead atoms. The molecule has 2 saturated heterocycles. The molecule has 1 aromatic heterocycles. The Bertz CT molecular complexity index is 675. The lowest BCUT2D eigenvalue weighted by atomic mass is 10.1. The Hall–Kier alpha value is -1.50. The molecule has 5 nitrogen and oxygen atoms in total. The van der Waals surface area contributed by atoms with Crippen LogP contribution in [0.15, 0.2) is 30.3 Å². The standard InChI is InChI=1S/C18H24N4OS/c1-13(2)17-19-18(24-20-17)22-11-15-16(12-22)23-9-8-21(15)10-14-6-4-3-5-7-14/h3-7,13,15-16H,8-12H2,1-2H3. The summed E-state index contributed by atoms with van der Waals surface area (Å²) in [6.45, 7) is 8.98. The van der Waals surface area contributed by atoms with E-state index in [0.717, 1.165) is 43.7 Å². The number of benzene rings is 1. The SMILES string of the molecule is CC(C)c1nsc(N2CC3OCCN(Cc4ccccc4)C3C2)n1. The average molecular weight is 344 g/mol. The lowest BCUT2D eigenvalue weighted by molar-refractivity contribution is -0.0499. The van der Waals surface area contributed by atoms with Gasteiger partial charge in [-0.05, 0) is 5.56 Å². The van der Waals surface area contributed by atoms with E-state index in [2.05, 4.69) is 58.4 Å². The van der Waals surface area contributed by atoms with Gasteiger partial charge >= 0.3 is 0 Å².